The molecule has 4 heteroatoms. The predicted molar refractivity (Wildman–Crippen MR) is 55.3 cm³/mol. The lowest BCUT2D eigenvalue weighted by Gasteiger charge is -2.05. The molecule has 0 aromatic heterocycles. The van der Waals surface area contributed by atoms with Gasteiger partial charge in [-0.25, -0.2) is 13.6 Å². The van der Waals surface area contributed by atoms with Crippen LogP contribution >= 0.6 is 0 Å². The molecule has 0 unspecified atom stereocenters. The number of rotatable bonds is 2. The van der Waals surface area contributed by atoms with Crippen LogP contribution in [-0.4, -0.2) is 14.2 Å². The molecule has 0 saturated carbocycles. The summed E-state index contributed by atoms with van der Waals surface area (Å²) < 4.78 is 21.8. The third kappa shape index (κ3) is 2.13. The van der Waals surface area contributed by atoms with E-state index in [1.165, 1.54) is 11.1 Å². The third-order valence-corrected chi connectivity index (χ3v) is 3.54. The summed E-state index contributed by atoms with van der Waals surface area (Å²) in [6.07, 6.45) is 1.68. The van der Waals surface area contributed by atoms with E-state index in [0.29, 0.717) is 0 Å². The summed E-state index contributed by atoms with van der Waals surface area (Å²) in [4.78, 5) is 0. The highest BCUT2D eigenvalue weighted by atomic mass is 32.2. The van der Waals surface area contributed by atoms with Gasteiger partial charge in [-0.3, -0.25) is 0 Å². The first-order valence-corrected chi connectivity index (χ1v) is 6.33. The molecule has 0 bridgehead atoms. The molecule has 76 valence electrons. The maximum atomic E-state index is 10.9. The largest absolute Gasteiger partial charge is 0.229 e. The van der Waals surface area contributed by atoms with Gasteiger partial charge in [0.2, 0.25) is 10.0 Å². The molecule has 0 radical (unpaired) electrons. The number of fused-ring (bicyclic) bond motifs is 1. The average molecular weight is 211 g/mol. The summed E-state index contributed by atoms with van der Waals surface area (Å²) in [6.45, 7) is 0. The van der Waals surface area contributed by atoms with Crippen LogP contribution in [0.15, 0.2) is 24.3 Å². The Labute approximate surface area is 84.0 Å². The van der Waals surface area contributed by atoms with Crippen LogP contribution in [0.1, 0.15) is 11.1 Å². The minimum atomic E-state index is -3.33. The van der Waals surface area contributed by atoms with E-state index in [2.05, 4.69) is 12.1 Å². The molecule has 2 N–H and O–H groups in total. The molecule has 0 fully saturated rings. The first-order chi connectivity index (χ1) is 6.54. The highest BCUT2D eigenvalue weighted by Crippen LogP contribution is 2.26. The zero-order chi connectivity index (χ0) is 10.2. The summed E-state index contributed by atoms with van der Waals surface area (Å²) in [7, 11) is -3.33. The molecular formula is C10H13NO2S. The second-order valence-electron chi connectivity index (χ2n) is 3.87. The summed E-state index contributed by atoms with van der Waals surface area (Å²) >= 11 is 0. The first-order valence-electron chi connectivity index (χ1n) is 4.62. The van der Waals surface area contributed by atoms with Crippen molar-refractivity contribution in [2.24, 2.45) is 11.1 Å². The zero-order valence-electron chi connectivity index (χ0n) is 7.81. The van der Waals surface area contributed by atoms with Gasteiger partial charge in [0.25, 0.3) is 0 Å². The van der Waals surface area contributed by atoms with Gasteiger partial charge in [0.1, 0.15) is 0 Å². The van der Waals surface area contributed by atoms with Crippen molar-refractivity contribution in [2.75, 3.05) is 5.75 Å². The van der Waals surface area contributed by atoms with Crippen molar-refractivity contribution in [3.05, 3.63) is 35.4 Å². The Hall–Kier alpha value is -0.870. The van der Waals surface area contributed by atoms with Crippen molar-refractivity contribution >= 4 is 10.0 Å². The average Bonchev–Trinajstić information content (AvgIpc) is 2.42. The molecule has 0 heterocycles. The Bertz CT molecular complexity index is 414. The second-order valence-corrected chi connectivity index (χ2v) is 5.53. The summed E-state index contributed by atoms with van der Waals surface area (Å²) in [5, 5.41) is 5.02. The van der Waals surface area contributed by atoms with E-state index in [-0.39, 0.29) is 11.7 Å². The SMILES string of the molecule is NS(=O)(=O)CC1Cc2ccccc2C1. The van der Waals surface area contributed by atoms with Crippen LogP contribution in [0.25, 0.3) is 0 Å². The number of sulfonamides is 1. The molecule has 0 amide bonds. The van der Waals surface area contributed by atoms with Crippen molar-refractivity contribution < 1.29 is 8.42 Å². The Morgan fingerprint density at radius 3 is 2.14 bits per heavy atom. The van der Waals surface area contributed by atoms with Crippen molar-refractivity contribution in [3.63, 3.8) is 0 Å². The number of primary sulfonamides is 1. The fraction of sp³-hybridized carbons (Fsp3) is 0.400. The molecule has 0 aliphatic heterocycles. The first kappa shape index (κ1) is 9.68. The standard InChI is InChI=1S/C10H13NO2S/c11-14(12,13)7-8-5-9-3-1-2-4-10(9)6-8/h1-4,8H,5-7H2,(H2,11,12,13). The number of nitrogens with two attached hydrogens (primary N) is 1. The van der Waals surface area contributed by atoms with E-state index < -0.39 is 10.0 Å². The quantitative estimate of drug-likeness (QED) is 0.782. The van der Waals surface area contributed by atoms with E-state index in [9.17, 15) is 8.42 Å². The van der Waals surface area contributed by atoms with Gasteiger partial charge in [-0.15, -0.1) is 0 Å². The monoisotopic (exact) mass is 211 g/mol. The Kier molecular flexibility index (Phi) is 2.33. The van der Waals surface area contributed by atoms with Gasteiger partial charge < -0.3 is 0 Å². The van der Waals surface area contributed by atoms with Crippen LogP contribution < -0.4 is 5.14 Å². The minimum absolute atomic E-state index is 0.0989. The Morgan fingerprint density at radius 1 is 1.21 bits per heavy atom. The third-order valence-electron chi connectivity index (χ3n) is 2.60. The molecule has 0 spiro atoms. The van der Waals surface area contributed by atoms with Crippen molar-refractivity contribution in [2.45, 2.75) is 12.8 Å². The summed E-state index contributed by atoms with van der Waals surface area (Å²) in [5.74, 6) is 0.268. The highest BCUT2D eigenvalue weighted by Gasteiger charge is 2.24. The van der Waals surface area contributed by atoms with Gasteiger partial charge in [0.05, 0.1) is 5.75 Å². The van der Waals surface area contributed by atoms with Crippen LogP contribution in [0.5, 0.6) is 0 Å². The normalized spacial score (nSPS) is 16.9. The molecule has 1 aromatic rings. The van der Waals surface area contributed by atoms with Crippen LogP contribution in [-0.2, 0) is 22.9 Å². The highest BCUT2D eigenvalue weighted by molar-refractivity contribution is 7.89. The van der Waals surface area contributed by atoms with Gasteiger partial charge in [-0.1, -0.05) is 24.3 Å². The number of benzene rings is 1. The zero-order valence-corrected chi connectivity index (χ0v) is 8.63. The molecule has 3 nitrogen and oxygen atoms in total. The van der Waals surface area contributed by atoms with Crippen LogP contribution in [0.4, 0.5) is 0 Å². The molecule has 0 atom stereocenters. The van der Waals surface area contributed by atoms with Crippen molar-refractivity contribution in [1.29, 1.82) is 0 Å². The van der Waals surface area contributed by atoms with Gasteiger partial charge >= 0.3 is 0 Å². The predicted octanol–water partition coefficient (Wildman–Crippen LogP) is 0.690. The van der Waals surface area contributed by atoms with E-state index in [4.69, 9.17) is 5.14 Å². The van der Waals surface area contributed by atoms with E-state index in [0.717, 1.165) is 12.8 Å². The Morgan fingerprint density at radius 2 is 1.71 bits per heavy atom. The molecular weight excluding hydrogens is 198 g/mol. The van der Waals surface area contributed by atoms with Crippen LogP contribution in [0.2, 0.25) is 0 Å². The summed E-state index contributed by atoms with van der Waals surface area (Å²) in [6, 6.07) is 8.08. The molecule has 2 rings (SSSR count). The lowest BCUT2D eigenvalue weighted by Crippen LogP contribution is -2.23. The minimum Gasteiger partial charge on any atom is -0.229 e. The molecule has 1 aromatic carbocycles. The van der Waals surface area contributed by atoms with E-state index in [1.807, 2.05) is 12.1 Å². The molecule has 1 aliphatic rings. The van der Waals surface area contributed by atoms with Gasteiger partial charge in [-0.2, -0.15) is 0 Å². The fourth-order valence-electron chi connectivity index (χ4n) is 2.10. The van der Waals surface area contributed by atoms with E-state index in [1.54, 1.807) is 0 Å². The molecule has 14 heavy (non-hydrogen) atoms. The smallest absolute Gasteiger partial charge is 0.209 e. The van der Waals surface area contributed by atoms with Crippen LogP contribution in [0.3, 0.4) is 0 Å². The van der Waals surface area contributed by atoms with Gasteiger partial charge in [0, 0.05) is 0 Å². The number of hydrogen-bond acceptors (Lipinski definition) is 2. The van der Waals surface area contributed by atoms with Gasteiger partial charge in [0.15, 0.2) is 0 Å². The van der Waals surface area contributed by atoms with Gasteiger partial charge in [-0.05, 0) is 29.9 Å². The Balaban J connectivity index is 2.13. The molecule has 1 aliphatic carbocycles. The maximum Gasteiger partial charge on any atom is 0.209 e. The van der Waals surface area contributed by atoms with Crippen molar-refractivity contribution in [3.8, 4) is 0 Å². The lowest BCUT2D eigenvalue weighted by molar-refractivity contribution is 0.565. The fourth-order valence-corrected chi connectivity index (χ4v) is 2.99. The lowest BCUT2D eigenvalue weighted by atomic mass is 10.1. The number of hydrogen-bond donors (Lipinski definition) is 1. The van der Waals surface area contributed by atoms with Crippen LogP contribution in [0, 0.1) is 5.92 Å². The second kappa shape index (κ2) is 3.37. The van der Waals surface area contributed by atoms with Crippen molar-refractivity contribution in [1.82, 2.24) is 0 Å². The maximum absolute atomic E-state index is 10.9. The summed E-state index contributed by atoms with van der Waals surface area (Å²) in [5.41, 5.74) is 2.53. The van der Waals surface area contributed by atoms with E-state index >= 15 is 0 Å². The molecule has 0 saturated heterocycles. The topological polar surface area (TPSA) is 60.2 Å².